The topological polar surface area (TPSA) is 48.0 Å². The molecule has 0 aliphatic rings. The average molecular weight is 250 g/mol. The van der Waals surface area contributed by atoms with E-state index in [4.69, 9.17) is 5.73 Å². The number of anilines is 1. The second kappa shape index (κ2) is 4.61. The smallest absolute Gasteiger partial charge is 0.258 e. The fourth-order valence-electron chi connectivity index (χ4n) is 2.25. The second-order valence-corrected chi connectivity index (χ2v) is 4.54. The lowest BCUT2D eigenvalue weighted by Gasteiger charge is -2.08. The fourth-order valence-corrected chi connectivity index (χ4v) is 2.25. The Morgan fingerprint density at radius 3 is 2.47 bits per heavy atom. The number of hydrogen-bond donors (Lipinski definition) is 1. The molecule has 0 unspecified atom stereocenters. The highest BCUT2D eigenvalue weighted by molar-refractivity contribution is 5.91. The van der Waals surface area contributed by atoms with Gasteiger partial charge in [0.1, 0.15) is 0 Å². The fraction of sp³-hybridized carbons (Fsp3) is 0.0625. The zero-order valence-corrected chi connectivity index (χ0v) is 10.4. The lowest BCUT2D eigenvalue weighted by Crippen LogP contribution is -2.20. The third kappa shape index (κ3) is 2.10. The summed E-state index contributed by atoms with van der Waals surface area (Å²) in [6.45, 7) is 0.574. The predicted octanol–water partition coefficient (Wildman–Crippen LogP) is 2.63. The molecule has 1 aromatic heterocycles. The molecule has 2 N–H and O–H groups in total. The van der Waals surface area contributed by atoms with Gasteiger partial charge in [-0.05, 0) is 23.8 Å². The van der Waals surface area contributed by atoms with Crippen LogP contribution >= 0.6 is 0 Å². The molecule has 0 radical (unpaired) electrons. The number of aromatic nitrogens is 1. The molecule has 3 heteroatoms. The molecule has 0 fully saturated rings. The highest BCUT2D eigenvalue weighted by atomic mass is 16.1. The highest BCUT2D eigenvalue weighted by Gasteiger charge is 2.04. The Balaban J connectivity index is 2.11. The van der Waals surface area contributed by atoms with Gasteiger partial charge in [0.05, 0.1) is 6.54 Å². The molecule has 0 saturated carbocycles. The minimum Gasteiger partial charge on any atom is -0.398 e. The molecule has 2 aromatic carbocycles. The summed E-state index contributed by atoms with van der Waals surface area (Å²) < 4.78 is 1.71. The number of nitrogens with zero attached hydrogens (tertiary/aromatic N) is 1. The van der Waals surface area contributed by atoms with E-state index in [-0.39, 0.29) is 5.56 Å². The van der Waals surface area contributed by atoms with E-state index in [9.17, 15) is 4.79 Å². The van der Waals surface area contributed by atoms with Crippen LogP contribution in [0.25, 0.3) is 10.8 Å². The van der Waals surface area contributed by atoms with Crippen molar-refractivity contribution in [1.82, 2.24) is 4.57 Å². The minimum absolute atomic E-state index is 0.00588. The van der Waals surface area contributed by atoms with Gasteiger partial charge in [0.15, 0.2) is 0 Å². The Bertz CT molecular complexity index is 776. The third-order valence-corrected chi connectivity index (χ3v) is 3.25. The zero-order chi connectivity index (χ0) is 13.2. The summed E-state index contributed by atoms with van der Waals surface area (Å²) in [7, 11) is 0. The summed E-state index contributed by atoms with van der Waals surface area (Å²) in [5.41, 5.74) is 7.62. The van der Waals surface area contributed by atoms with Crippen LogP contribution in [0, 0.1) is 0 Å². The summed E-state index contributed by atoms with van der Waals surface area (Å²) in [6, 6.07) is 17.3. The first-order chi connectivity index (χ1) is 9.25. The molecule has 3 rings (SSSR count). The number of fused-ring (bicyclic) bond motifs is 1. The first-order valence-corrected chi connectivity index (χ1v) is 6.17. The van der Waals surface area contributed by atoms with E-state index in [1.54, 1.807) is 10.8 Å². The summed E-state index contributed by atoms with van der Waals surface area (Å²) in [6.07, 6.45) is 1.80. The first kappa shape index (κ1) is 11.5. The van der Waals surface area contributed by atoms with E-state index in [2.05, 4.69) is 0 Å². The van der Waals surface area contributed by atoms with Gasteiger partial charge >= 0.3 is 0 Å². The van der Waals surface area contributed by atoms with E-state index in [0.717, 1.165) is 10.9 Å². The van der Waals surface area contributed by atoms with Gasteiger partial charge in [-0.1, -0.05) is 36.4 Å². The van der Waals surface area contributed by atoms with Gasteiger partial charge in [-0.3, -0.25) is 4.79 Å². The highest BCUT2D eigenvalue weighted by Crippen LogP contribution is 2.17. The lowest BCUT2D eigenvalue weighted by molar-refractivity contribution is 0.768. The van der Waals surface area contributed by atoms with Crippen LogP contribution < -0.4 is 11.3 Å². The van der Waals surface area contributed by atoms with Crippen LogP contribution in [0.15, 0.2) is 65.6 Å². The molecule has 3 aromatic rings. The zero-order valence-electron chi connectivity index (χ0n) is 10.4. The van der Waals surface area contributed by atoms with E-state index in [1.807, 2.05) is 54.6 Å². The number of benzene rings is 2. The SMILES string of the molecule is Nc1cccc2c(=O)n(Cc3ccccc3)ccc12. The van der Waals surface area contributed by atoms with Crippen molar-refractivity contribution >= 4 is 16.5 Å². The van der Waals surface area contributed by atoms with Crippen LogP contribution in [0.5, 0.6) is 0 Å². The third-order valence-electron chi connectivity index (χ3n) is 3.25. The molecule has 0 bridgehead atoms. The van der Waals surface area contributed by atoms with Gasteiger partial charge in [-0.2, -0.15) is 0 Å². The van der Waals surface area contributed by atoms with Crippen LogP contribution in [0.3, 0.4) is 0 Å². The van der Waals surface area contributed by atoms with E-state index >= 15 is 0 Å². The first-order valence-electron chi connectivity index (χ1n) is 6.17. The van der Waals surface area contributed by atoms with Crippen molar-refractivity contribution in [2.24, 2.45) is 0 Å². The largest absolute Gasteiger partial charge is 0.398 e. The van der Waals surface area contributed by atoms with Crippen LogP contribution in [0.2, 0.25) is 0 Å². The van der Waals surface area contributed by atoms with Gasteiger partial charge < -0.3 is 10.3 Å². The molecule has 0 atom stereocenters. The van der Waals surface area contributed by atoms with Crippen LogP contribution in [0.1, 0.15) is 5.56 Å². The number of rotatable bonds is 2. The van der Waals surface area contributed by atoms with Gasteiger partial charge in [-0.15, -0.1) is 0 Å². The van der Waals surface area contributed by atoms with Crippen molar-refractivity contribution in [3.63, 3.8) is 0 Å². The van der Waals surface area contributed by atoms with Crippen LogP contribution in [-0.4, -0.2) is 4.57 Å². The number of nitrogens with two attached hydrogens (primary N) is 1. The molecule has 0 spiro atoms. The Morgan fingerprint density at radius 1 is 0.895 bits per heavy atom. The average Bonchev–Trinajstić information content (AvgIpc) is 2.44. The van der Waals surface area contributed by atoms with Gasteiger partial charge in [0.25, 0.3) is 5.56 Å². The standard InChI is InChI=1S/C16H14N2O/c17-15-8-4-7-14-13(15)9-10-18(16(14)19)11-12-5-2-1-3-6-12/h1-10H,11,17H2. The number of hydrogen-bond acceptors (Lipinski definition) is 2. The van der Waals surface area contributed by atoms with Crippen molar-refractivity contribution in [2.45, 2.75) is 6.54 Å². The molecule has 0 amide bonds. The van der Waals surface area contributed by atoms with Crippen molar-refractivity contribution < 1.29 is 0 Å². The van der Waals surface area contributed by atoms with E-state index in [0.29, 0.717) is 17.6 Å². The number of nitrogen functional groups attached to an aromatic ring is 1. The molecular formula is C16H14N2O. The van der Waals surface area contributed by atoms with Crippen molar-refractivity contribution in [3.8, 4) is 0 Å². The van der Waals surface area contributed by atoms with Crippen molar-refractivity contribution in [3.05, 3.63) is 76.7 Å². The van der Waals surface area contributed by atoms with Crippen LogP contribution in [-0.2, 0) is 6.54 Å². The molecule has 1 heterocycles. The van der Waals surface area contributed by atoms with Crippen LogP contribution in [0.4, 0.5) is 5.69 Å². The van der Waals surface area contributed by atoms with Crippen molar-refractivity contribution in [1.29, 1.82) is 0 Å². The number of pyridine rings is 1. The molecule has 0 aliphatic carbocycles. The van der Waals surface area contributed by atoms with Gasteiger partial charge in [0.2, 0.25) is 0 Å². The maximum Gasteiger partial charge on any atom is 0.258 e. The molecule has 3 nitrogen and oxygen atoms in total. The summed E-state index contributed by atoms with van der Waals surface area (Å²) in [4.78, 5) is 12.4. The monoisotopic (exact) mass is 250 g/mol. The summed E-state index contributed by atoms with van der Waals surface area (Å²) in [5.74, 6) is 0. The maximum absolute atomic E-state index is 12.4. The summed E-state index contributed by atoms with van der Waals surface area (Å²) >= 11 is 0. The molecule has 0 saturated heterocycles. The molecule has 94 valence electrons. The van der Waals surface area contributed by atoms with Crippen molar-refractivity contribution in [2.75, 3.05) is 5.73 Å². The molecule has 19 heavy (non-hydrogen) atoms. The predicted molar refractivity (Wildman–Crippen MR) is 78.2 cm³/mol. The van der Waals surface area contributed by atoms with E-state index in [1.165, 1.54) is 0 Å². The maximum atomic E-state index is 12.4. The minimum atomic E-state index is -0.00588. The molecule has 0 aliphatic heterocycles. The lowest BCUT2D eigenvalue weighted by atomic mass is 10.1. The van der Waals surface area contributed by atoms with E-state index < -0.39 is 0 Å². The quantitative estimate of drug-likeness (QED) is 0.711. The normalized spacial score (nSPS) is 10.7. The summed E-state index contributed by atoms with van der Waals surface area (Å²) in [5, 5.41) is 1.48. The Hall–Kier alpha value is -2.55. The Labute approximate surface area is 110 Å². The Kier molecular flexibility index (Phi) is 2.80. The van der Waals surface area contributed by atoms with Gasteiger partial charge in [-0.25, -0.2) is 0 Å². The Morgan fingerprint density at radius 2 is 1.68 bits per heavy atom. The second-order valence-electron chi connectivity index (χ2n) is 4.54. The van der Waals surface area contributed by atoms with Gasteiger partial charge in [0, 0.05) is 22.7 Å². The molecular weight excluding hydrogens is 236 g/mol.